The molecule has 0 N–H and O–H groups in total. The molecule has 1 nitrogen and oxygen atoms in total. The van der Waals surface area contributed by atoms with Gasteiger partial charge in [0.15, 0.2) is 0 Å². The highest BCUT2D eigenvalue weighted by Crippen LogP contribution is 2.39. The van der Waals surface area contributed by atoms with E-state index in [9.17, 15) is 0 Å². The average molecular weight is 233 g/mol. The third-order valence-corrected chi connectivity index (χ3v) is 3.02. The first kappa shape index (κ1) is 10.3. The molecule has 0 radical (unpaired) electrons. The van der Waals surface area contributed by atoms with Crippen LogP contribution in [0, 0.1) is 0 Å². The highest BCUT2D eigenvalue weighted by Gasteiger charge is 2.40. The highest BCUT2D eigenvalue weighted by atomic mass is 79.9. The summed E-state index contributed by atoms with van der Waals surface area (Å²) in [5, 5.41) is 0. The number of ether oxygens (including phenoxy) is 1. The van der Waals surface area contributed by atoms with Gasteiger partial charge in [-0.15, -0.1) is 6.58 Å². The van der Waals surface area contributed by atoms with Gasteiger partial charge in [-0.3, -0.25) is 0 Å². The van der Waals surface area contributed by atoms with Crippen LogP contribution in [0.5, 0.6) is 0 Å². The molecule has 0 bridgehead atoms. The van der Waals surface area contributed by atoms with Crippen molar-refractivity contribution < 1.29 is 4.74 Å². The quantitative estimate of drug-likeness (QED) is 0.525. The van der Waals surface area contributed by atoms with Crippen LogP contribution in [0.25, 0.3) is 0 Å². The minimum absolute atomic E-state index is 0.0772. The topological polar surface area (TPSA) is 9.23 Å². The zero-order chi connectivity index (χ0) is 9.41. The molecule has 1 aliphatic heterocycles. The monoisotopic (exact) mass is 232 g/mol. The normalized spacial score (nSPS) is 36.8. The molecule has 1 fully saturated rings. The molecule has 0 aromatic heterocycles. The predicted molar refractivity (Wildman–Crippen MR) is 55.7 cm³/mol. The highest BCUT2D eigenvalue weighted by molar-refractivity contribution is 9.10. The van der Waals surface area contributed by atoms with Crippen molar-refractivity contribution in [2.24, 2.45) is 0 Å². The fourth-order valence-electron chi connectivity index (χ4n) is 1.49. The minimum atomic E-state index is -0.101. The standard InChI is InChI=1S/C10H17BrO/c1-5-10(4)7-6-8(12-10)9(2,3)11/h5,8H,1,6-7H2,2-4H3/t8?,10-/m0/s1. The van der Waals surface area contributed by atoms with Crippen LogP contribution >= 0.6 is 15.9 Å². The third-order valence-electron chi connectivity index (χ3n) is 2.51. The summed E-state index contributed by atoms with van der Waals surface area (Å²) in [6, 6.07) is 0. The Bertz CT molecular complexity index is 183. The Kier molecular flexibility index (Phi) is 2.69. The number of hydrogen-bond acceptors (Lipinski definition) is 1. The molecule has 0 amide bonds. The van der Waals surface area contributed by atoms with Gasteiger partial charge < -0.3 is 4.74 Å². The second-order valence-electron chi connectivity index (χ2n) is 4.23. The molecule has 1 aliphatic rings. The first-order valence-electron chi connectivity index (χ1n) is 4.38. The summed E-state index contributed by atoms with van der Waals surface area (Å²) in [5.41, 5.74) is -0.101. The van der Waals surface area contributed by atoms with E-state index in [-0.39, 0.29) is 9.93 Å². The maximum Gasteiger partial charge on any atom is 0.0837 e. The van der Waals surface area contributed by atoms with Crippen molar-refractivity contribution in [1.82, 2.24) is 0 Å². The zero-order valence-corrected chi connectivity index (χ0v) is 9.65. The van der Waals surface area contributed by atoms with E-state index in [0.717, 1.165) is 12.8 Å². The van der Waals surface area contributed by atoms with Crippen LogP contribution < -0.4 is 0 Å². The van der Waals surface area contributed by atoms with E-state index in [1.54, 1.807) is 0 Å². The Morgan fingerprint density at radius 2 is 2.25 bits per heavy atom. The molecule has 0 spiro atoms. The largest absolute Gasteiger partial charge is 0.367 e. The number of hydrogen-bond donors (Lipinski definition) is 0. The lowest BCUT2D eigenvalue weighted by atomic mass is 10.00. The molecule has 0 aliphatic carbocycles. The molecule has 70 valence electrons. The molecular weight excluding hydrogens is 216 g/mol. The van der Waals surface area contributed by atoms with Crippen LogP contribution in [0.2, 0.25) is 0 Å². The molecule has 0 aromatic carbocycles. The first-order chi connectivity index (χ1) is 5.37. The fourth-order valence-corrected chi connectivity index (χ4v) is 1.82. The van der Waals surface area contributed by atoms with Gasteiger partial charge in [0.1, 0.15) is 0 Å². The van der Waals surface area contributed by atoms with Crippen molar-refractivity contribution in [3.8, 4) is 0 Å². The van der Waals surface area contributed by atoms with E-state index in [0.29, 0.717) is 6.10 Å². The molecule has 2 heteroatoms. The average Bonchev–Trinajstić information content (AvgIpc) is 2.32. The van der Waals surface area contributed by atoms with Gasteiger partial charge in [-0.2, -0.15) is 0 Å². The van der Waals surface area contributed by atoms with Gasteiger partial charge in [-0.05, 0) is 33.6 Å². The summed E-state index contributed by atoms with van der Waals surface area (Å²) in [7, 11) is 0. The van der Waals surface area contributed by atoms with Crippen LogP contribution in [-0.4, -0.2) is 16.0 Å². The lowest BCUT2D eigenvalue weighted by Gasteiger charge is -2.27. The zero-order valence-electron chi connectivity index (χ0n) is 8.06. The van der Waals surface area contributed by atoms with Gasteiger partial charge in [-0.1, -0.05) is 22.0 Å². The molecule has 2 atom stereocenters. The Labute approximate surface area is 83.3 Å². The van der Waals surface area contributed by atoms with Crippen molar-refractivity contribution in [2.45, 2.75) is 49.6 Å². The van der Waals surface area contributed by atoms with Crippen LogP contribution in [-0.2, 0) is 4.74 Å². The maximum absolute atomic E-state index is 5.90. The maximum atomic E-state index is 5.90. The van der Waals surface area contributed by atoms with Gasteiger partial charge in [0.05, 0.1) is 11.7 Å². The minimum Gasteiger partial charge on any atom is -0.367 e. The van der Waals surface area contributed by atoms with Crippen LogP contribution in [0.1, 0.15) is 33.6 Å². The summed E-state index contributed by atoms with van der Waals surface area (Å²) in [6.45, 7) is 10.2. The van der Waals surface area contributed by atoms with Crippen molar-refractivity contribution in [1.29, 1.82) is 0 Å². The predicted octanol–water partition coefficient (Wildman–Crippen LogP) is 3.28. The molecule has 1 unspecified atom stereocenters. The van der Waals surface area contributed by atoms with E-state index in [2.05, 4.69) is 43.3 Å². The molecular formula is C10H17BrO. The van der Waals surface area contributed by atoms with E-state index in [1.807, 2.05) is 6.08 Å². The molecule has 1 rings (SSSR count). The second-order valence-corrected chi connectivity index (χ2v) is 6.27. The lowest BCUT2D eigenvalue weighted by molar-refractivity contribution is -0.00683. The van der Waals surface area contributed by atoms with Gasteiger partial charge in [0.2, 0.25) is 0 Å². The number of halogens is 1. The Morgan fingerprint density at radius 1 is 1.67 bits per heavy atom. The summed E-state index contributed by atoms with van der Waals surface area (Å²) >= 11 is 3.63. The van der Waals surface area contributed by atoms with Crippen molar-refractivity contribution in [3.05, 3.63) is 12.7 Å². The summed E-state index contributed by atoms with van der Waals surface area (Å²) < 4.78 is 5.97. The molecule has 1 heterocycles. The smallest absolute Gasteiger partial charge is 0.0837 e. The van der Waals surface area contributed by atoms with Crippen LogP contribution in [0.3, 0.4) is 0 Å². The Balaban J connectivity index is 2.63. The van der Waals surface area contributed by atoms with Crippen LogP contribution in [0.15, 0.2) is 12.7 Å². The summed E-state index contributed by atoms with van der Waals surface area (Å²) in [4.78, 5) is 0. The summed E-state index contributed by atoms with van der Waals surface area (Å²) in [6.07, 6.45) is 4.41. The molecule has 0 aromatic rings. The molecule has 12 heavy (non-hydrogen) atoms. The first-order valence-corrected chi connectivity index (χ1v) is 5.17. The van der Waals surface area contributed by atoms with Crippen molar-refractivity contribution >= 4 is 15.9 Å². The lowest BCUT2D eigenvalue weighted by Crippen LogP contribution is -2.32. The van der Waals surface area contributed by atoms with E-state index < -0.39 is 0 Å². The number of rotatable bonds is 2. The SMILES string of the molecule is C=C[C@@]1(C)CCC(C(C)(C)Br)O1. The Morgan fingerprint density at radius 3 is 2.50 bits per heavy atom. The van der Waals surface area contributed by atoms with Crippen molar-refractivity contribution in [2.75, 3.05) is 0 Å². The summed E-state index contributed by atoms with van der Waals surface area (Å²) in [5.74, 6) is 0. The van der Waals surface area contributed by atoms with Gasteiger partial charge in [-0.25, -0.2) is 0 Å². The Hall–Kier alpha value is 0.180. The van der Waals surface area contributed by atoms with Crippen molar-refractivity contribution in [3.63, 3.8) is 0 Å². The van der Waals surface area contributed by atoms with E-state index >= 15 is 0 Å². The second kappa shape index (κ2) is 3.15. The van der Waals surface area contributed by atoms with E-state index in [1.165, 1.54) is 0 Å². The van der Waals surface area contributed by atoms with Gasteiger partial charge in [0.25, 0.3) is 0 Å². The third kappa shape index (κ3) is 2.11. The molecule has 0 saturated carbocycles. The molecule has 1 saturated heterocycles. The fraction of sp³-hybridized carbons (Fsp3) is 0.800. The van der Waals surface area contributed by atoms with Crippen LogP contribution in [0.4, 0.5) is 0 Å². The number of alkyl halides is 1. The van der Waals surface area contributed by atoms with Gasteiger partial charge in [0, 0.05) is 4.32 Å². The van der Waals surface area contributed by atoms with E-state index in [4.69, 9.17) is 4.74 Å². The van der Waals surface area contributed by atoms with Gasteiger partial charge >= 0.3 is 0 Å².